The number of rotatable bonds is 6. The molecule has 0 saturated carbocycles. The monoisotopic (exact) mass is 792 g/mol. The molecule has 0 radical (unpaired) electrons. The second kappa shape index (κ2) is 18.4. The van der Waals surface area contributed by atoms with Gasteiger partial charge in [-0.1, -0.05) is 40.6 Å². The molecular formula is C38H31F2N6NaO10. The van der Waals surface area contributed by atoms with Crippen molar-refractivity contribution in [1.29, 1.82) is 0 Å². The number of amidine groups is 1. The molecule has 288 valence electrons. The SMILES string of the molecule is COC(=O)c1ccc(-c2noc(-c3nc4c(C)ccc(C)c4o3)n2)cc1F.COC(=O)c1ccc(/C(N)=N\O)cc1F.Cc1ccc(C)c2oc(C(=O)[O-])nc12.[Na+]. The second-order valence-corrected chi connectivity index (χ2v) is 11.9. The summed E-state index contributed by atoms with van der Waals surface area (Å²) < 4.78 is 52.3. The number of methoxy groups -OCH3 is 2. The van der Waals surface area contributed by atoms with Crippen LogP contribution in [-0.2, 0) is 9.47 Å². The van der Waals surface area contributed by atoms with Crippen LogP contribution in [0.1, 0.15) is 59.2 Å². The minimum Gasteiger partial charge on any atom is -0.540 e. The number of hydrogen-bond donors (Lipinski definition) is 2. The number of oxazole rings is 2. The zero-order valence-electron chi connectivity index (χ0n) is 31.5. The first-order chi connectivity index (χ1) is 26.7. The van der Waals surface area contributed by atoms with Crippen molar-refractivity contribution in [1.82, 2.24) is 20.1 Å². The first-order valence-corrected chi connectivity index (χ1v) is 16.2. The van der Waals surface area contributed by atoms with Crippen LogP contribution >= 0.6 is 0 Å². The van der Waals surface area contributed by atoms with Gasteiger partial charge in [-0.05, 0) is 80.3 Å². The first-order valence-electron chi connectivity index (χ1n) is 16.2. The van der Waals surface area contributed by atoms with Crippen LogP contribution in [-0.4, -0.2) is 63.3 Å². The fourth-order valence-corrected chi connectivity index (χ4v) is 5.06. The molecule has 0 aliphatic rings. The van der Waals surface area contributed by atoms with Crippen molar-refractivity contribution in [2.24, 2.45) is 10.9 Å². The van der Waals surface area contributed by atoms with Gasteiger partial charge in [-0.2, -0.15) is 4.98 Å². The number of ether oxygens (including phenoxy) is 2. The predicted molar refractivity (Wildman–Crippen MR) is 192 cm³/mol. The van der Waals surface area contributed by atoms with Gasteiger partial charge in [-0.15, -0.1) is 0 Å². The molecule has 0 unspecified atom stereocenters. The van der Waals surface area contributed by atoms with Crippen LogP contribution in [0.4, 0.5) is 8.78 Å². The van der Waals surface area contributed by atoms with Crippen LogP contribution < -0.4 is 40.4 Å². The van der Waals surface area contributed by atoms with Crippen LogP contribution in [0.25, 0.3) is 45.4 Å². The number of hydrogen-bond acceptors (Lipinski definition) is 15. The molecule has 16 nitrogen and oxygen atoms in total. The van der Waals surface area contributed by atoms with Gasteiger partial charge >= 0.3 is 47.4 Å². The van der Waals surface area contributed by atoms with E-state index in [1.54, 1.807) is 0 Å². The van der Waals surface area contributed by atoms with Crippen LogP contribution in [0.15, 0.2) is 79.2 Å². The Kier molecular flexibility index (Phi) is 14.0. The zero-order chi connectivity index (χ0) is 40.8. The summed E-state index contributed by atoms with van der Waals surface area (Å²) in [5, 5.41) is 25.4. The molecule has 0 bridgehead atoms. The van der Waals surface area contributed by atoms with Crippen molar-refractivity contribution < 1.29 is 85.9 Å². The van der Waals surface area contributed by atoms with Gasteiger partial charge in [0.15, 0.2) is 17.0 Å². The summed E-state index contributed by atoms with van der Waals surface area (Å²) in [6.45, 7) is 7.54. The van der Waals surface area contributed by atoms with Crippen molar-refractivity contribution in [3.8, 4) is 23.2 Å². The summed E-state index contributed by atoms with van der Waals surface area (Å²) in [6.07, 6.45) is 0. The molecule has 3 N–H and O–H groups in total. The van der Waals surface area contributed by atoms with Crippen LogP contribution in [0, 0.1) is 39.3 Å². The maximum Gasteiger partial charge on any atom is 1.00 e. The number of aromatic carboxylic acids is 1. The Morgan fingerprint density at radius 2 is 1.26 bits per heavy atom. The molecule has 0 amide bonds. The molecule has 0 aliphatic carbocycles. The van der Waals surface area contributed by atoms with Gasteiger partial charge in [0.05, 0.1) is 25.3 Å². The van der Waals surface area contributed by atoms with Gasteiger partial charge in [0.2, 0.25) is 11.7 Å². The summed E-state index contributed by atoms with van der Waals surface area (Å²) >= 11 is 0. The molecule has 3 aromatic heterocycles. The van der Waals surface area contributed by atoms with Gasteiger partial charge < -0.3 is 43.7 Å². The van der Waals surface area contributed by atoms with Crippen LogP contribution in [0.2, 0.25) is 0 Å². The summed E-state index contributed by atoms with van der Waals surface area (Å²) in [4.78, 5) is 45.5. The summed E-state index contributed by atoms with van der Waals surface area (Å²) in [5.41, 5.74) is 11.5. The largest absolute Gasteiger partial charge is 1.00 e. The molecule has 0 atom stereocenters. The minimum atomic E-state index is -1.39. The molecule has 4 aromatic carbocycles. The van der Waals surface area contributed by atoms with Crippen molar-refractivity contribution in [3.63, 3.8) is 0 Å². The summed E-state index contributed by atoms with van der Waals surface area (Å²) in [5.74, 6) is -4.63. The van der Waals surface area contributed by atoms with Gasteiger partial charge in [0.1, 0.15) is 28.6 Å². The van der Waals surface area contributed by atoms with Gasteiger partial charge in [-0.3, -0.25) is 0 Å². The zero-order valence-corrected chi connectivity index (χ0v) is 33.5. The Morgan fingerprint density at radius 3 is 1.75 bits per heavy atom. The quantitative estimate of drug-likeness (QED) is 0.0614. The number of carboxylic acids is 1. The number of halogens is 2. The van der Waals surface area contributed by atoms with E-state index < -0.39 is 29.5 Å². The molecule has 7 rings (SSSR count). The number of benzene rings is 4. The third-order valence-corrected chi connectivity index (χ3v) is 8.08. The number of nitrogens with two attached hydrogens (primary N) is 1. The Morgan fingerprint density at radius 1 is 0.737 bits per heavy atom. The van der Waals surface area contributed by atoms with E-state index in [2.05, 4.69) is 34.7 Å². The Labute approximate surface area is 343 Å². The number of esters is 2. The van der Waals surface area contributed by atoms with E-state index >= 15 is 0 Å². The van der Waals surface area contributed by atoms with Crippen LogP contribution in [0.3, 0.4) is 0 Å². The van der Waals surface area contributed by atoms with Crippen molar-refractivity contribution in [2.75, 3.05) is 14.2 Å². The fourth-order valence-electron chi connectivity index (χ4n) is 5.06. The van der Waals surface area contributed by atoms with E-state index in [9.17, 15) is 28.3 Å². The Hall–Kier alpha value is -6.50. The van der Waals surface area contributed by atoms with Gasteiger partial charge in [0.25, 0.3) is 5.89 Å². The van der Waals surface area contributed by atoms with Crippen molar-refractivity contribution in [2.45, 2.75) is 27.7 Å². The molecule has 0 aliphatic heterocycles. The maximum absolute atomic E-state index is 14.1. The molecule has 3 heterocycles. The van der Waals surface area contributed by atoms with E-state index in [1.165, 1.54) is 31.4 Å². The fraction of sp³-hybridized carbons (Fsp3) is 0.158. The standard InChI is InChI=1S/C19H14FN3O4.C10H9NO3.C9H9FN2O3.Na/c1-9-4-5-10(2)15-14(9)21-17(26-15)18-22-16(23-27-18)11-6-7-12(13(20)8-11)19(24)25-3;1-5-3-4-6(2)8-7(5)11-9(14-8)10(12)13;1-15-9(13)6-3-2-5(4-7(6)10)8(11)12-14;/h4-8H,1-3H3;3-4H,1-2H3,(H,12,13);2-4,14H,1H3,(H2,11,12);/q;;;+1/p-1. The smallest absolute Gasteiger partial charge is 0.540 e. The summed E-state index contributed by atoms with van der Waals surface area (Å²) in [7, 11) is 2.34. The number of nitrogens with zero attached hydrogens (tertiary/aromatic N) is 5. The number of aromatic nitrogens is 4. The predicted octanol–water partition coefficient (Wildman–Crippen LogP) is 2.61. The molecular weight excluding hydrogens is 761 g/mol. The maximum atomic E-state index is 14.1. The van der Waals surface area contributed by atoms with E-state index in [4.69, 9.17) is 24.3 Å². The third kappa shape index (κ3) is 9.49. The van der Waals surface area contributed by atoms with Gasteiger partial charge in [-0.25, -0.2) is 28.3 Å². The molecule has 19 heteroatoms. The molecule has 0 fully saturated rings. The number of carbonyl (C=O) groups excluding carboxylic acids is 3. The molecule has 57 heavy (non-hydrogen) atoms. The number of aryl methyl sites for hydroxylation is 4. The molecule has 0 saturated heterocycles. The molecule has 0 spiro atoms. The number of fused-ring (bicyclic) bond motifs is 2. The normalized spacial score (nSPS) is 10.8. The van der Waals surface area contributed by atoms with Crippen molar-refractivity contribution >= 4 is 45.9 Å². The topological polar surface area (TPSA) is 242 Å². The molecule has 7 aromatic rings. The van der Waals surface area contributed by atoms with E-state index in [0.29, 0.717) is 22.2 Å². The first kappa shape index (κ1) is 43.2. The minimum absolute atomic E-state index is 0. The number of carbonyl (C=O) groups is 3. The average Bonchev–Trinajstić information content (AvgIpc) is 3.97. The third-order valence-electron chi connectivity index (χ3n) is 8.08. The average molecular weight is 793 g/mol. The second-order valence-electron chi connectivity index (χ2n) is 11.9. The van der Waals surface area contributed by atoms with Gasteiger partial charge in [0, 0.05) is 11.1 Å². The van der Waals surface area contributed by atoms with Crippen LogP contribution in [0.5, 0.6) is 0 Å². The number of carboxylic acid groups (broad SMARTS) is 1. The number of oxime groups is 1. The van der Waals surface area contributed by atoms with E-state index in [1.807, 2.05) is 52.0 Å². The Bertz CT molecular complexity index is 2580. The van der Waals surface area contributed by atoms with E-state index in [-0.39, 0.29) is 75.6 Å². The Balaban J connectivity index is 0.000000205. The van der Waals surface area contributed by atoms with E-state index in [0.717, 1.165) is 47.0 Å². The van der Waals surface area contributed by atoms with Crippen molar-refractivity contribution in [3.05, 3.63) is 117 Å². The summed E-state index contributed by atoms with van der Waals surface area (Å²) in [6, 6.07) is 15.1.